The highest BCUT2D eigenvalue weighted by molar-refractivity contribution is 6.08. The number of hydrogen-bond donors (Lipinski definition) is 0. The fourth-order valence-corrected chi connectivity index (χ4v) is 6.61. The molecule has 8 heteroatoms. The molecule has 7 nitrogen and oxygen atoms in total. The van der Waals surface area contributed by atoms with Crippen LogP contribution >= 0.6 is 0 Å². The number of amides is 1. The Morgan fingerprint density at radius 2 is 1.63 bits per heavy atom. The van der Waals surface area contributed by atoms with Crippen molar-refractivity contribution in [3.63, 3.8) is 0 Å². The third kappa shape index (κ3) is 4.86. The molecular weight excluding hydrogens is 539 g/mol. The second-order valence-corrected chi connectivity index (χ2v) is 12.9. The molecule has 4 aliphatic rings. The maximum Gasteiger partial charge on any atom is 0.237 e. The van der Waals surface area contributed by atoms with Crippen molar-refractivity contribution in [2.45, 2.75) is 70.3 Å². The molecule has 0 radical (unpaired) electrons. The van der Waals surface area contributed by atoms with Gasteiger partial charge in [0, 0.05) is 76.5 Å². The van der Waals surface area contributed by atoms with Crippen LogP contribution in [0.1, 0.15) is 62.2 Å². The lowest BCUT2D eigenvalue weighted by atomic mass is 9.85. The molecule has 43 heavy (non-hydrogen) atoms. The van der Waals surface area contributed by atoms with Gasteiger partial charge in [-0.2, -0.15) is 0 Å². The Kier molecular flexibility index (Phi) is 6.56. The van der Waals surface area contributed by atoms with E-state index in [9.17, 15) is 9.18 Å². The van der Waals surface area contributed by atoms with E-state index in [0.717, 1.165) is 39.8 Å². The van der Waals surface area contributed by atoms with E-state index in [4.69, 9.17) is 4.98 Å². The zero-order chi connectivity index (χ0) is 29.9. The van der Waals surface area contributed by atoms with Gasteiger partial charge in [-0.25, -0.2) is 14.4 Å². The SMILES string of the molecule is Cc1cc(-c2cc3c(cn2)C2(CC2)CN3C2CC2)ccn1.Cc1ncc(-c2ccc3c(c2)N(CCF)C(=O)C3(C)C)cn1. The van der Waals surface area contributed by atoms with Crippen LogP contribution < -0.4 is 9.80 Å². The third-order valence-electron chi connectivity index (χ3n) is 9.43. The van der Waals surface area contributed by atoms with Gasteiger partial charge in [-0.15, -0.1) is 0 Å². The molecule has 1 aromatic carbocycles. The van der Waals surface area contributed by atoms with Crippen LogP contribution in [-0.4, -0.2) is 51.6 Å². The van der Waals surface area contributed by atoms with Crippen molar-refractivity contribution in [3.05, 3.63) is 83.8 Å². The van der Waals surface area contributed by atoms with Gasteiger partial charge in [0.15, 0.2) is 0 Å². The second-order valence-electron chi connectivity index (χ2n) is 12.9. The minimum Gasteiger partial charge on any atom is -0.367 e. The number of carbonyl (C=O) groups excluding carboxylic acids is 1. The van der Waals surface area contributed by atoms with E-state index < -0.39 is 12.1 Å². The number of alkyl halides is 1. The largest absolute Gasteiger partial charge is 0.367 e. The Bertz CT molecular complexity index is 1710. The second kappa shape index (κ2) is 10.2. The fourth-order valence-electron chi connectivity index (χ4n) is 6.61. The summed E-state index contributed by atoms with van der Waals surface area (Å²) in [6.45, 7) is 8.38. The van der Waals surface area contributed by atoms with Crippen LogP contribution in [0.3, 0.4) is 0 Å². The van der Waals surface area contributed by atoms with Crippen molar-refractivity contribution in [2.24, 2.45) is 0 Å². The van der Waals surface area contributed by atoms with Crippen LogP contribution in [0.15, 0.2) is 61.2 Å². The Morgan fingerprint density at radius 1 is 0.860 bits per heavy atom. The van der Waals surface area contributed by atoms with Crippen LogP contribution in [0.2, 0.25) is 0 Å². The first-order valence-electron chi connectivity index (χ1n) is 15.2. The van der Waals surface area contributed by atoms with Crippen molar-refractivity contribution in [1.82, 2.24) is 19.9 Å². The van der Waals surface area contributed by atoms with Gasteiger partial charge in [0.2, 0.25) is 5.91 Å². The van der Waals surface area contributed by atoms with Gasteiger partial charge >= 0.3 is 0 Å². The number of halogens is 1. The number of aromatic nitrogens is 4. The number of rotatable bonds is 5. The number of anilines is 2. The average molecular weight is 577 g/mol. The van der Waals surface area contributed by atoms with Crippen LogP contribution in [0.25, 0.3) is 22.4 Å². The molecule has 3 aromatic heterocycles. The number of benzene rings is 1. The van der Waals surface area contributed by atoms with Crippen molar-refractivity contribution in [3.8, 4) is 22.4 Å². The summed E-state index contributed by atoms with van der Waals surface area (Å²) in [6, 6.07) is 13.1. The minimum absolute atomic E-state index is 0.0579. The summed E-state index contributed by atoms with van der Waals surface area (Å²) in [4.78, 5) is 34.1. The summed E-state index contributed by atoms with van der Waals surface area (Å²) in [5, 5.41) is 0. The highest BCUT2D eigenvalue weighted by Gasteiger charge is 2.54. The van der Waals surface area contributed by atoms with Crippen LogP contribution in [0, 0.1) is 13.8 Å². The molecule has 2 saturated carbocycles. The number of hydrogen-bond acceptors (Lipinski definition) is 6. The van der Waals surface area contributed by atoms with E-state index in [1.165, 1.54) is 53.9 Å². The average Bonchev–Trinajstić information content (AvgIpc) is 3.94. The molecule has 0 atom stereocenters. The molecule has 2 fully saturated rings. The molecule has 0 saturated heterocycles. The summed E-state index contributed by atoms with van der Waals surface area (Å²) in [6.07, 6.45) is 13.0. The number of aryl methyl sites for hydroxylation is 2. The Balaban J connectivity index is 0.000000140. The maximum atomic E-state index is 12.8. The molecule has 0 bridgehead atoms. The first-order chi connectivity index (χ1) is 20.7. The summed E-state index contributed by atoms with van der Waals surface area (Å²) >= 11 is 0. The van der Waals surface area contributed by atoms with Gasteiger partial charge in [-0.3, -0.25) is 14.8 Å². The predicted molar refractivity (Wildman–Crippen MR) is 167 cm³/mol. The van der Waals surface area contributed by atoms with Gasteiger partial charge in [0.05, 0.1) is 17.7 Å². The normalized spacial score (nSPS) is 18.8. The molecule has 4 aromatic rings. The van der Waals surface area contributed by atoms with Crippen LogP contribution in [-0.2, 0) is 15.6 Å². The first-order valence-corrected chi connectivity index (χ1v) is 15.2. The highest BCUT2D eigenvalue weighted by atomic mass is 19.1. The van der Waals surface area contributed by atoms with Gasteiger partial charge in [-0.1, -0.05) is 12.1 Å². The minimum atomic E-state index is -0.618. The lowest BCUT2D eigenvalue weighted by molar-refractivity contribution is -0.122. The standard InChI is InChI=1S/C18H19N3.C17H18FN3O/c1-12-8-13(4-7-19-12)16-9-17-15(10-20-16)18(5-6-18)11-21(17)14-2-3-14;1-11-19-9-13(10-20-11)12-4-5-14-15(8-12)21(7-6-18)16(22)17(14,2)3/h4,7-10,14H,2-3,5-6,11H2,1H3;4-5,8-10H,6-7H2,1-3H3. The third-order valence-corrected chi connectivity index (χ3v) is 9.43. The van der Waals surface area contributed by atoms with Gasteiger partial charge in [0.25, 0.3) is 0 Å². The van der Waals surface area contributed by atoms with Gasteiger partial charge < -0.3 is 9.80 Å². The van der Waals surface area contributed by atoms with Gasteiger partial charge in [-0.05, 0) is 88.8 Å². The van der Waals surface area contributed by atoms with E-state index in [2.05, 4.69) is 44.2 Å². The van der Waals surface area contributed by atoms with Crippen molar-refractivity contribution < 1.29 is 9.18 Å². The molecule has 1 amide bonds. The number of nitrogens with zero attached hydrogens (tertiary/aromatic N) is 6. The molecule has 0 unspecified atom stereocenters. The fraction of sp³-hybridized carbons (Fsp3) is 0.400. The quantitative estimate of drug-likeness (QED) is 0.270. The molecule has 0 N–H and O–H groups in total. The number of fused-ring (bicyclic) bond motifs is 3. The van der Waals surface area contributed by atoms with E-state index in [1.807, 2.05) is 52.1 Å². The van der Waals surface area contributed by atoms with E-state index in [0.29, 0.717) is 11.2 Å². The Morgan fingerprint density at radius 3 is 2.30 bits per heavy atom. The van der Waals surface area contributed by atoms with E-state index >= 15 is 0 Å². The first kappa shape index (κ1) is 27.6. The van der Waals surface area contributed by atoms with Crippen LogP contribution in [0.4, 0.5) is 15.8 Å². The number of pyridine rings is 2. The zero-order valence-corrected chi connectivity index (χ0v) is 25.3. The van der Waals surface area contributed by atoms with E-state index in [1.54, 1.807) is 12.4 Å². The van der Waals surface area contributed by atoms with E-state index in [-0.39, 0.29) is 12.5 Å². The molecule has 220 valence electrons. The molecular formula is C35H37FN6O. The smallest absolute Gasteiger partial charge is 0.237 e. The van der Waals surface area contributed by atoms with Gasteiger partial charge in [0.1, 0.15) is 12.5 Å². The Hall–Kier alpha value is -4.20. The molecule has 8 rings (SSSR count). The summed E-state index contributed by atoms with van der Waals surface area (Å²) in [5.74, 6) is 0.651. The highest BCUT2D eigenvalue weighted by Crippen LogP contribution is 2.58. The maximum absolute atomic E-state index is 12.8. The Labute approximate surface area is 252 Å². The summed E-state index contributed by atoms with van der Waals surface area (Å²) < 4.78 is 12.8. The predicted octanol–water partition coefficient (Wildman–Crippen LogP) is 6.51. The summed E-state index contributed by atoms with van der Waals surface area (Å²) in [5.41, 5.74) is 9.63. The summed E-state index contributed by atoms with van der Waals surface area (Å²) in [7, 11) is 0. The zero-order valence-electron chi connectivity index (χ0n) is 25.3. The van der Waals surface area contributed by atoms with Crippen LogP contribution in [0.5, 0.6) is 0 Å². The molecule has 5 heterocycles. The topological polar surface area (TPSA) is 75.1 Å². The van der Waals surface area contributed by atoms with Crippen molar-refractivity contribution >= 4 is 17.3 Å². The lowest BCUT2D eigenvalue weighted by Crippen LogP contribution is -2.37. The molecule has 2 aliphatic heterocycles. The number of carbonyl (C=O) groups is 1. The molecule has 1 spiro atoms. The molecule has 2 aliphatic carbocycles. The van der Waals surface area contributed by atoms with Crippen molar-refractivity contribution in [2.75, 3.05) is 29.6 Å². The lowest BCUT2D eigenvalue weighted by Gasteiger charge is -2.19. The van der Waals surface area contributed by atoms with Crippen molar-refractivity contribution in [1.29, 1.82) is 0 Å². The monoisotopic (exact) mass is 576 g/mol.